The minimum absolute atomic E-state index is 0.212. The van der Waals surface area contributed by atoms with Crippen LogP contribution in [0.5, 0.6) is 11.6 Å². The maximum absolute atomic E-state index is 6.02. The second kappa shape index (κ2) is 8.70. The van der Waals surface area contributed by atoms with Gasteiger partial charge < -0.3 is 10.1 Å². The van der Waals surface area contributed by atoms with E-state index in [1.165, 1.54) is 0 Å². The van der Waals surface area contributed by atoms with Gasteiger partial charge in [-0.05, 0) is 66.8 Å². The number of nitrogens with zero attached hydrogens (tertiary/aromatic N) is 3. The Morgan fingerprint density at radius 1 is 1.10 bits per heavy atom. The van der Waals surface area contributed by atoms with Gasteiger partial charge in [-0.2, -0.15) is 0 Å². The number of nitrogens with one attached hydrogen (secondary N) is 1. The normalized spacial score (nSPS) is 11.8. The van der Waals surface area contributed by atoms with Crippen LogP contribution in [0.3, 0.4) is 0 Å². The van der Waals surface area contributed by atoms with Crippen molar-refractivity contribution in [3.63, 3.8) is 0 Å². The quantitative estimate of drug-likeness (QED) is 0.387. The van der Waals surface area contributed by atoms with Crippen LogP contribution in [0.15, 0.2) is 53.7 Å². The number of ether oxygens (including phenoxy) is 1. The summed E-state index contributed by atoms with van der Waals surface area (Å²) in [6.45, 7) is 11.4. The second-order valence-electron chi connectivity index (χ2n) is 8.28. The number of aromatic nitrogens is 2. The molecule has 0 amide bonds. The van der Waals surface area contributed by atoms with Gasteiger partial charge in [-0.15, -0.1) is 5.10 Å². The molecule has 2 aromatic carbocycles. The topological polar surface area (TPSA) is 51.4 Å². The molecule has 1 heterocycles. The summed E-state index contributed by atoms with van der Waals surface area (Å²) in [6.07, 6.45) is 3.63. The third kappa shape index (κ3) is 5.84. The highest BCUT2D eigenvalue weighted by Crippen LogP contribution is 2.31. The lowest BCUT2D eigenvalue weighted by molar-refractivity contribution is 0.410. The molecule has 0 aliphatic carbocycles. The van der Waals surface area contributed by atoms with Crippen LogP contribution >= 0.6 is 11.6 Å². The molecule has 0 unspecified atom stereocenters. The highest BCUT2D eigenvalue weighted by molar-refractivity contribution is 6.30. The van der Waals surface area contributed by atoms with E-state index in [2.05, 4.69) is 36.2 Å². The molecular weight excluding hydrogens is 384 g/mol. The molecule has 0 saturated heterocycles. The van der Waals surface area contributed by atoms with Crippen LogP contribution < -0.4 is 10.1 Å². The molecule has 0 saturated carbocycles. The van der Waals surface area contributed by atoms with Crippen LogP contribution in [0.4, 0.5) is 5.69 Å². The summed E-state index contributed by atoms with van der Waals surface area (Å²) < 4.78 is 7.77. The first kappa shape index (κ1) is 20.9. The van der Waals surface area contributed by atoms with Crippen molar-refractivity contribution < 1.29 is 4.74 Å². The first-order chi connectivity index (χ1) is 13.7. The lowest BCUT2D eigenvalue weighted by atomic mass is 9.97. The summed E-state index contributed by atoms with van der Waals surface area (Å²) >= 11 is 5.95. The maximum atomic E-state index is 6.02. The zero-order valence-electron chi connectivity index (χ0n) is 17.5. The second-order valence-corrected chi connectivity index (χ2v) is 8.72. The Kier molecular flexibility index (Phi) is 6.28. The van der Waals surface area contributed by atoms with Gasteiger partial charge in [0.25, 0.3) is 0 Å². The molecule has 0 bridgehead atoms. The van der Waals surface area contributed by atoms with Crippen LogP contribution in [-0.2, 0) is 0 Å². The van der Waals surface area contributed by atoms with Gasteiger partial charge in [0, 0.05) is 23.8 Å². The van der Waals surface area contributed by atoms with E-state index >= 15 is 0 Å². The van der Waals surface area contributed by atoms with E-state index in [1.807, 2.05) is 62.5 Å². The predicted molar refractivity (Wildman–Crippen MR) is 120 cm³/mol. The van der Waals surface area contributed by atoms with Crippen LogP contribution in [0.1, 0.15) is 31.9 Å². The zero-order chi connectivity index (χ0) is 21.0. The SMILES string of the molecule is Cc1cc(Oc2ccn(-c3ccc(Cl)cc3)n2)c(C)cc1/N=C/NCC(C)(C)C. The smallest absolute Gasteiger partial charge is 0.238 e. The van der Waals surface area contributed by atoms with Crippen molar-refractivity contribution in [2.75, 3.05) is 6.54 Å². The third-order valence-electron chi connectivity index (χ3n) is 4.29. The van der Waals surface area contributed by atoms with Crippen molar-refractivity contribution in [3.8, 4) is 17.3 Å². The molecule has 0 aliphatic heterocycles. The summed E-state index contributed by atoms with van der Waals surface area (Å²) in [6, 6.07) is 13.4. The van der Waals surface area contributed by atoms with Gasteiger partial charge in [0.1, 0.15) is 5.75 Å². The Bertz CT molecular complexity index is 1000. The summed E-state index contributed by atoms with van der Waals surface area (Å²) in [5.41, 5.74) is 4.09. The Hall–Kier alpha value is -2.79. The van der Waals surface area contributed by atoms with Gasteiger partial charge in [0.2, 0.25) is 5.88 Å². The molecule has 0 atom stereocenters. The Labute approximate surface area is 177 Å². The van der Waals surface area contributed by atoms with E-state index in [1.54, 1.807) is 11.0 Å². The fourth-order valence-electron chi connectivity index (χ4n) is 2.70. The molecule has 6 heteroatoms. The van der Waals surface area contributed by atoms with Crippen LogP contribution in [-0.4, -0.2) is 22.7 Å². The number of rotatable bonds is 6. The fraction of sp³-hybridized carbons (Fsp3) is 0.304. The molecule has 3 aromatic rings. The average Bonchev–Trinajstić information content (AvgIpc) is 3.11. The van der Waals surface area contributed by atoms with Crippen molar-refractivity contribution in [1.29, 1.82) is 0 Å². The molecule has 1 N–H and O–H groups in total. The molecular formula is C23H27ClN4O. The van der Waals surface area contributed by atoms with Gasteiger partial charge in [0.15, 0.2) is 0 Å². The minimum atomic E-state index is 0.212. The van der Waals surface area contributed by atoms with E-state index < -0.39 is 0 Å². The van der Waals surface area contributed by atoms with E-state index in [0.717, 1.165) is 34.8 Å². The van der Waals surface area contributed by atoms with Gasteiger partial charge in [-0.1, -0.05) is 32.4 Å². The Morgan fingerprint density at radius 3 is 2.52 bits per heavy atom. The summed E-state index contributed by atoms with van der Waals surface area (Å²) in [5.74, 6) is 1.30. The van der Waals surface area contributed by atoms with Gasteiger partial charge >= 0.3 is 0 Å². The monoisotopic (exact) mass is 410 g/mol. The first-order valence-corrected chi connectivity index (χ1v) is 9.96. The Morgan fingerprint density at radius 2 is 1.83 bits per heavy atom. The van der Waals surface area contributed by atoms with Crippen molar-refractivity contribution in [1.82, 2.24) is 15.1 Å². The highest BCUT2D eigenvalue weighted by Gasteiger charge is 2.10. The average molecular weight is 411 g/mol. The lowest BCUT2D eigenvalue weighted by Crippen LogP contribution is -2.25. The lowest BCUT2D eigenvalue weighted by Gasteiger charge is -2.17. The number of hydrogen-bond acceptors (Lipinski definition) is 3. The zero-order valence-corrected chi connectivity index (χ0v) is 18.3. The predicted octanol–water partition coefficient (Wildman–Crippen LogP) is 6.23. The molecule has 0 aliphatic rings. The number of aliphatic imine (C=N–C) groups is 1. The molecule has 1 aromatic heterocycles. The van der Waals surface area contributed by atoms with Crippen molar-refractivity contribution >= 4 is 23.6 Å². The molecule has 29 heavy (non-hydrogen) atoms. The first-order valence-electron chi connectivity index (χ1n) is 9.58. The fourth-order valence-corrected chi connectivity index (χ4v) is 2.83. The number of hydrogen-bond donors (Lipinski definition) is 1. The number of halogens is 1. The molecule has 0 spiro atoms. The Balaban J connectivity index is 1.71. The van der Waals surface area contributed by atoms with Gasteiger partial charge in [-0.25, -0.2) is 9.67 Å². The van der Waals surface area contributed by atoms with E-state index in [4.69, 9.17) is 16.3 Å². The van der Waals surface area contributed by atoms with Crippen LogP contribution in [0.25, 0.3) is 5.69 Å². The minimum Gasteiger partial charge on any atom is -0.437 e. The summed E-state index contributed by atoms with van der Waals surface area (Å²) in [4.78, 5) is 4.55. The van der Waals surface area contributed by atoms with E-state index in [0.29, 0.717) is 10.9 Å². The van der Waals surface area contributed by atoms with Crippen molar-refractivity contribution in [2.24, 2.45) is 10.4 Å². The molecule has 152 valence electrons. The summed E-state index contributed by atoms with van der Waals surface area (Å²) in [7, 11) is 0. The largest absolute Gasteiger partial charge is 0.437 e. The molecule has 3 rings (SSSR count). The van der Waals surface area contributed by atoms with E-state index in [-0.39, 0.29) is 5.41 Å². The van der Waals surface area contributed by atoms with Crippen LogP contribution in [0, 0.1) is 19.3 Å². The maximum Gasteiger partial charge on any atom is 0.238 e. The van der Waals surface area contributed by atoms with Gasteiger partial charge in [-0.3, -0.25) is 0 Å². The highest BCUT2D eigenvalue weighted by atomic mass is 35.5. The molecule has 0 fully saturated rings. The van der Waals surface area contributed by atoms with Crippen molar-refractivity contribution in [2.45, 2.75) is 34.6 Å². The third-order valence-corrected chi connectivity index (χ3v) is 4.54. The summed E-state index contributed by atoms with van der Waals surface area (Å²) in [5, 5.41) is 8.44. The molecule has 5 nitrogen and oxygen atoms in total. The van der Waals surface area contributed by atoms with Gasteiger partial charge in [0.05, 0.1) is 17.7 Å². The van der Waals surface area contributed by atoms with E-state index in [9.17, 15) is 0 Å². The standard InChI is InChI=1S/C23H27ClN4O/c1-16-13-21(17(2)12-20(16)26-15-25-14-23(3,4)5)29-22-10-11-28(27-22)19-8-6-18(24)7-9-19/h6-13,15H,14H2,1-5H3,(H,25,26). The van der Waals surface area contributed by atoms with Crippen molar-refractivity contribution in [3.05, 3.63) is 64.8 Å². The van der Waals surface area contributed by atoms with Crippen LogP contribution in [0.2, 0.25) is 5.02 Å². The number of benzene rings is 2. The number of aryl methyl sites for hydroxylation is 2. The molecule has 0 radical (unpaired) electrons.